The number of rotatable bonds is 19. The van der Waals surface area contributed by atoms with Gasteiger partial charge in [-0.1, -0.05) is 12.1 Å². The smallest absolute Gasteiger partial charge is 0.328 e. The molecule has 1 saturated heterocycles. The highest BCUT2D eigenvalue weighted by Crippen LogP contribution is 2.25. The van der Waals surface area contributed by atoms with Gasteiger partial charge in [0.05, 0.1) is 72.9 Å². The first-order valence-electron chi connectivity index (χ1n) is 16.6. The van der Waals surface area contributed by atoms with Crippen LogP contribution in [0.4, 0.5) is 5.82 Å². The van der Waals surface area contributed by atoms with Gasteiger partial charge in [-0.3, -0.25) is 28.8 Å². The number of amides is 3. The normalized spacial score (nSPS) is 15.1. The third-order valence-corrected chi connectivity index (χ3v) is 8.28. The van der Waals surface area contributed by atoms with E-state index in [2.05, 4.69) is 19.9 Å². The summed E-state index contributed by atoms with van der Waals surface area (Å²) in [7, 11) is 1.59. The van der Waals surface area contributed by atoms with E-state index in [0.29, 0.717) is 82.6 Å². The highest BCUT2D eigenvalue weighted by molar-refractivity contribution is 6.12. The summed E-state index contributed by atoms with van der Waals surface area (Å²) < 4.78 is 29.0. The van der Waals surface area contributed by atoms with Crippen LogP contribution in [0.5, 0.6) is 11.8 Å². The quantitative estimate of drug-likeness (QED) is 0.127. The number of H-pyrrole nitrogens is 1. The number of aromatic nitrogens is 4. The van der Waals surface area contributed by atoms with E-state index < -0.39 is 0 Å². The van der Waals surface area contributed by atoms with E-state index >= 15 is 0 Å². The third-order valence-electron chi connectivity index (χ3n) is 8.28. The molecule has 3 aromatic rings. The summed E-state index contributed by atoms with van der Waals surface area (Å²) in [6.45, 7) is 8.03. The molecule has 0 aliphatic carbocycles. The highest BCUT2D eigenvalue weighted by atomic mass is 16.5. The Morgan fingerprint density at radius 2 is 1.58 bits per heavy atom. The maximum absolute atomic E-state index is 12.8. The molecule has 17 heteroatoms. The Bertz CT molecular complexity index is 1710. The van der Waals surface area contributed by atoms with Crippen LogP contribution in [-0.2, 0) is 41.7 Å². The van der Waals surface area contributed by atoms with E-state index in [9.17, 15) is 19.2 Å². The Kier molecular flexibility index (Phi) is 12.9. The molecule has 0 unspecified atom stereocenters. The number of nitrogens with one attached hydrogen (secondary N) is 1. The van der Waals surface area contributed by atoms with Gasteiger partial charge in [-0.05, 0) is 18.6 Å². The third kappa shape index (κ3) is 9.44. The van der Waals surface area contributed by atoms with Crippen molar-refractivity contribution < 1.29 is 38.1 Å². The fourth-order valence-electron chi connectivity index (χ4n) is 5.64. The number of nitrogens with zero attached hydrogens (tertiary/aromatic N) is 6. The molecule has 1 fully saturated rings. The average Bonchev–Trinajstić information content (AvgIpc) is 3.60. The van der Waals surface area contributed by atoms with Crippen molar-refractivity contribution in [3.8, 4) is 11.8 Å². The maximum Gasteiger partial charge on any atom is 0.328 e. The van der Waals surface area contributed by atoms with Crippen molar-refractivity contribution in [3.63, 3.8) is 0 Å². The van der Waals surface area contributed by atoms with Gasteiger partial charge < -0.3 is 39.3 Å². The van der Waals surface area contributed by atoms with E-state index in [1.807, 2.05) is 30.0 Å². The van der Waals surface area contributed by atoms with Gasteiger partial charge in [0.15, 0.2) is 11.5 Å². The molecule has 1 aromatic carbocycles. The fraction of sp³-hybridized carbons (Fsp3) is 0.515. The number of nitrogens with two attached hydrogens (primary N) is 1. The van der Waals surface area contributed by atoms with Gasteiger partial charge in [-0.2, -0.15) is 9.97 Å². The van der Waals surface area contributed by atoms with Crippen LogP contribution in [-0.4, -0.2) is 138 Å². The second kappa shape index (κ2) is 17.7. The predicted octanol–water partition coefficient (Wildman–Crippen LogP) is 0.167. The maximum atomic E-state index is 12.8. The number of imidazole rings is 1. The van der Waals surface area contributed by atoms with Crippen LogP contribution >= 0.6 is 0 Å². The summed E-state index contributed by atoms with van der Waals surface area (Å²) in [4.78, 5) is 65.0. The monoisotopic (exact) mass is 696 g/mol. The standard InChI is InChI=1S/C33H44N8O9/c1-3-50-32-36-30(34)29-31(37-32)41(33(45)35-29)22-24-5-4-23(20-25(24)46-2)21-38-9-11-39(12-10-38)26(42)8-14-47-16-18-49-19-17-48-15-13-40-27(43)6-7-28(40)44/h4-7,20H,3,8-19,21-22H2,1-2H3,(H,35,45)(H2,34,36,37). The molecule has 0 radical (unpaired) electrons. The minimum Gasteiger partial charge on any atom is -0.496 e. The van der Waals surface area contributed by atoms with Crippen LogP contribution in [0.1, 0.15) is 24.5 Å². The molecule has 0 spiro atoms. The summed E-state index contributed by atoms with van der Waals surface area (Å²) in [5.41, 5.74) is 8.23. The Balaban J connectivity index is 0.977. The van der Waals surface area contributed by atoms with Crippen LogP contribution in [0.15, 0.2) is 35.1 Å². The van der Waals surface area contributed by atoms with Crippen molar-refractivity contribution in [2.75, 3.05) is 91.8 Å². The number of ether oxygens (including phenoxy) is 5. The number of piperazine rings is 1. The molecular weight excluding hydrogens is 652 g/mol. The molecule has 3 amide bonds. The van der Waals surface area contributed by atoms with E-state index in [0.717, 1.165) is 29.1 Å². The zero-order valence-corrected chi connectivity index (χ0v) is 28.4. The van der Waals surface area contributed by atoms with E-state index in [1.165, 1.54) is 16.7 Å². The Morgan fingerprint density at radius 1 is 0.900 bits per heavy atom. The Hall–Kier alpha value is -4.84. The van der Waals surface area contributed by atoms with Crippen molar-refractivity contribution in [3.05, 3.63) is 52.0 Å². The van der Waals surface area contributed by atoms with Gasteiger partial charge in [0.25, 0.3) is 11.8 Å². The van der Waals surface area contributed by atoms with Crippen molar-refractivity contribution in [2.45, 2.75) is 26.4 Å². The van der Waals surface area contributed by atoms with Crippen molar-refractivity contribution in [2.24, 2.45) is 0 Å². The largest absolute Gasteiger partial charge is 0.496 e. The summed E-state index contributed by atoms with van der Waals surface area (Å²) >= 11 is 0. The molecule has 3 N–H and O–H groups in total. The molecule has 2 aliphatic heterocycles. The second-order valence-electron chi connectivity index (χ2n) is 11.6. The summed E-state index contributed by atoms with van der Waals surface area (Å²) in [6.07, 6.45) is 2.79. The van der Waals surface area contributed by atoms with Gasteiger partial charge in [0, 0.05) is 50.4 Å². The summed E-state index contributed by atoms with van der Waals surface area (Å²) in [6, 6.07) is 6.02. The van der Waals surface area contributed by atoms with Crippen LogP contribution in [0.3, 0.4) is 0 Å². The van der Waals surface area contributed by atoms with Crippen LogP contribution < -0.4 is 20.9 Å². The number of fused-ring (bicyclic) bond motifs is 1. The number of aromatic amines is 1. The fourth-order valence-corrected chi connectivity index (χ4v) is 5.64. The highest BCUT2D eigenvalue weighted by Gasteiger charge is 2.23. The van der Waals surface area contributed by atoms with Gasteiger partial charge >= 0.3 is 11.7 Å². The lowest BCUT2D eigenvalue weighted by atomic mass is 10.1. The molecule has 50 heavy (non-hydrogen) atoms. The molecule has 4 heterocycles. The minimum atomic E-state index is -0.365. The van der Waals surface area contributed by atoms with Crippen molar-refractivity contribution in [1.82, 2.24) is 34.2 Å². The number of carbonyl (C=O) groups is 3. The zero-order valence-electron chi connectivity index (χ0n) is 28.4. The first-order chi connectivity index (χ1) is 24.3. The topological polar surface area (TPSA) is 197 Å². The number of imide groups is 1. The van der Waals surface area contributed by atoms with Crippen molar-refractivity contribution >= 4 is 34.7 Å². The van der Waals surface area contributed by atoms with Gasteiger partial charge in [0.1, 0.15) is 11.3 Å². The van der Waals surface area contributed by atoms with Crippen LogP contribution in [0.2, 0.25) is 0 Å². The first-order valence-corrected chi connectivity index (χ1v) is 16.6. The molecule has 17 nitrogen and oxygen atoms in total. The number of nitrogen functional groups attached to an aromatic ring is 1. The second-order valence-corrected chi connectivity index (χ2v) is 11.6. The summed E-state index contributed by atoms with van der Waals surface area (Å²) in [5, 5.41) is 0. The van der Waals surface area contributed by atoms with Gasteiger partial charge in [-0.15, -0.1) is 0 Å². The van der Waals surface area contributed by atoms with Crippen LogP contribution in [0.25, 0.3) is 11.2 Å². The average molecular weight is 697 g/mol. The number of hydrogen-bond acceptors (Lipinski definition) is 13. The summed E-state index contributed by atoms with van der Waals surface area (Å²) in [5.74, 6) is 0.190. The molecule has 0 saturated carbocycles. The van der Waals surface area contributed by atoms with Crippen molar-refractivity contribution in [1.29, 1.82) is 0 Å². The minimum absolute atomic E-state index is 0.0584. The molecule has 0 bridgehead atoms. The van der Waals surface area contributed by atoms with E-state index in [1.54, 1.807) is 7.11 Å². The Morgan fingerprint density at radius 3 is 2.26 bits per heavy atom. The predicted molar refractivity (Wildman–Crippen MR) is 181 cm³/mol. The van der Waals surface area contributed by atoms with E-state index in [4.69, 9.17) is 29.4 Å². The molecular formula is C33H44N8O9. The lowest BCUT2D eigenvalue weighted by Crippen LogP contribution is -2.48. The Labute approximate surface area is 288 Å². The lowest BCUT2D eigenvalue weighted by molar-refractivity contribution is -0.138. The van der Waals surface area contributed by atoms with Gasteiger partial charge in [0.2, 0.25) is 5.91 Å². The SMILES string of the molecule is CCOc1nc(N)c2[nH]c(=O)n(Cc3ccc(CN4CCN(C(=O)CCOCCOCCOCCN5C(=O)C=CC5=O)CC4)cc3OC)c2n1. The number of anilines is 1. The molecule has 0 atom stereocenters. The number of carbonyl (C=O) groups excluding carboxylic acids is 3. The molecule has 270 valence electrons. The molecule has 5 rings (SSSR count). The number of methoxy groups -OCH3 is 1. The van der Waals surface area contributed by atoms with Crippen LogP contribution in [0, 0.1) is 0 Å². The van der Waals surface area contributed by atoms with Gasteiger partial charge in [-0.25, -0.2) is 4.79 Å². The first kappa shape index (κ1) is 36.4. The molecule has 2 aliphatic rings. The molecule has 2 aromatic heterocycles. The van der Waals surface area contributed by atoms with E-state index in [-0.39, 0.29) is 54.9 Å². The zero-order chi connectivity index (χ0) is 35.5. The number of benzene rings is 1. The number of hydrogen-bond donors (Lipinski definition) is 2. The lowest BCUT2D eigenvalue weighted by Gasteiger charge is -2.35.